The summed E-state index contributed by atoms with van der Waals surface area (Å²) in [5.74, 6) is 2.78. The second-order valence-corrected chi connectivity index (χ2v) is 12.6. The number of aromatic nitrogens is 6. The quantitative estimate of drug-likeness (QED) is 0.167. The van der Waals surface area contributed by atoms with Gasteiger partial charge in [0.1, 0.15) is 0 Å². The van der Waals surface area contributed by atoms with Gasteiger partial charge >= 0.3 is 161 Å². The maximum absolute atomic E-state index is 13.9. The van der Waals surface area contributed by atoms with E-state index < -0.39 is 5.54 Å². The molecule has 200 valence electrons. The number of carbonyl (C=O) groups is 1. The molecule has 1 amide bonds. The normalized spacial score (nSPS) is 19.4. The summed E-state index contributed by atoms with van der Waals surface area (Å²) < 4.78 is 4.95. The number of anilines is 4. The van der Waals surface area contributed by atoms with Gasteiger partial charge in [-0.2, -0.15) is 5.10 Å². The van der Waals surface area contributed by atoms with Crippen LogP contribution in [0.3, 0.4) is 0 Å². The second kappa shape index (κ2) is 9.51. The van der Waals surface area contributed by atoms with E-state index in [4.69, 9.17) is 15.2 Å². The number of aryl methyl sites for hydroxylation is 1. The fourth-order valence-electron chi connectivity index (χ4n) is 5.43. The van der Waals surface area contributed by atoms with Crippen LogP contribution in [-0.2, 0) is 11.8 Å². The molecule has 1 atom stereocenters. The summed E-state index contributed by atoms with van der Waals surface area (Å²) in [5, 5.41) is 9.63. The molecule has 4 aromatic rings. The van der Waals surface area contributed by atoms with E-state index in [1.807, 2.05) is 72.6 Å². The summed E-state index contributed by atoms with van der Waals surface area (Å²) >= 11 is -0.0862. The Balaban J connectivity index is 1.35. The number of nitrogens with zero attached hydrogens (tertiary/aromatic N) is 9. The van der Waals surface area contributed by atoms with Crippen molar-refractivity contribution in [2.45, 2.75) is 44.1 Å². The van der Waals surface area contributed by atoms with Gasteiger partial charge in [-0.1, -0.05) is 0 Å². The van der Waals surface area contributed by atoms with Gasteiger partial charge in [-0.3, -0.25) is 4.68 Å². The molecule has 2 fully saturated rings. The molecule has 5 heterocycles. The Labute approximate surface area is 232 Å². The van der Waals surface area contributed by atoms with Crippen LogP contribution >= 0.6 is 0 Å². The SMILES string of the molecule is C[I-]c1ccc(N(C)C(=O)[C@]2(C)CCCN2c2nc(N(C)c3cc(C4CC4)n(C)n3)c3cccn3n2)cn1. The molecule has 0 unspecified atom stereocenters. The Bertz CT molecular complexity index is 1490. The average Bonchev–Trinajstić information content (AvgIpc) is 3.32. The first kappa shape index (κ1) is 25.1. The number of carbonyl (C=O) groups excluding carboxylic acids is 1. The minimum absolute atomic E-state index is 0.0145. The molecule has 0 bridgehead atoms. The molecule has 0 N–H and O–H groups in total. The van der Waals surface area contributed by atoms with Gasteiger partial charge in [0.15, 0.2) is 5.82 Å². The molecule has 0 radical (unpaired) electrons. The number of pyridine rings is 1. The van der Waals surface area contributed by atoms with Crippen LogP contribution in [-0.4, -0.2) is 66.4 Å². The molecule has 38 heavy (non-hydrogen) atoms. The third-order valence-electron chi connectivity index (χ3n) is 7.86. The van der Waals surface area contributed by atoms with Crippen LogP contribution in [0.1, 0.15) is 44.2 Å². The van der Waals surface area contributed by atoms with Crippen LogP contribution in [0.4, 0.5) is 23.3 Å². The molecule has 10 nitrogen and oxygen atoms in total. The monoisotopic (exact) mass is 626 g/mol. The first-order chi connectivity index (χ1) is 18.3. The van der Waals surface area contributed by atoms with Crippen LogP contribution < -0.4 is 35.9 Å². The predicted molar refractivity (Wildman–Crippen MR) is 143 cm³/mol. The van der Waals surface area contributed by atoms with E-state index in [1.165, 1.54) is 18.5 Å². The molecule has 0 aromatic carbocycles. The van der Waals surface area contributed by atoms with Gasteiger partial charge < -0.3 is 0 Å². The Hall–Kier alpha value is -3.22. The summed E-state index contributed by atoms with van der Waals surface area (Å²) in [4.78, 5) is 31.5. The summed E-state index contributed by atoms with van der Waals surface area (Å²) in [6.07, 6.45) is 7.79. The number of alkyl halides is 1. The molecule has 1 saturated heterocycles. The van der Waals surface area contributed by atoms with Crippen molar-refractivity contribution >= 4 is 34.7 Å². The third-order valence-corrected chi connectivity index (χ3v) is 9.60. The molecule has 2 aliphatic rings. The zero-order chi connectivity index (χ0) is 26.6. The van der Waals surface area contributed by atoms with Crippen LogP contribution in [0.25, 0.3) is 5.52 Å². The van der Waals surface area contributed by atoms with E-state index in [2.05, 4.69) is 20.9 Å². The van der Waals surface area contributed by atoms with Gasteiger partial charge in [0, 0.05) is 31.8 Å². The summed E-state index contributed by atoms with van der Waals surface area (Å²) in [6, 6.07) is 10.2. The molecular formula is C27H33IN9O-. The molecular weight excluding hydrogens is 593 g/mol. The van der Waals surface area contributed by atoms with Gasteiger partial charge in [-0.05, 0) is 25.0 Å². The van der Waals surface area contributed by atoms with E-state index >= 15 is 0 Å². The van der Waals surface area contributed by atoms with Crippen molar-refractivity contribution < 1.29 is 26.0 Å². The van der Waals surface area contributed by atoms with Crippen molar-refractivity contribution in [1.82, 2.24) is 29.4 Å². The molecule has 4 aromatic heterocycles. The van der Waals surface area contributed by atoms with E-state index in [-0.39, 0.29) is 27.1 Å². The standard InChI is InChI=1S/C27H33IN9O/c1-27(25(38)33(3)19-11-12-22(28-2)29-17-19)13-7-14-36(27)26-30-24(20-8-6-15-37(20)32-26)34(4)23-16-21(18-9-10-18)35(5)31-23/h6,8,11-12,15-18H,7,9-10,13-14H2,1-5H3/q-1/t27-/m0/s1. The Morgan fingerprint density at radius 2 is 2.00 bits per heavy atom. The summed E-state index contributed by atoms with van der Waals surface area (Å²) in [5.41, 5.74) is 2.18. The molecule has 6 rings (SSSR count). The Morgan fingerprint density at radius 1 is 1.18 bits per heavy atom. The number of amides is 1. The van der Waals surface area contributed by atoms with Gasteiger partial charge in [0.05, 0.1) is 0 Å². The average molecular weight is 627 g/mol. The van der Waals surface area contributed by atoms with Crippen LogP contribution in [0, 0.1) is 3.70 Å². The van der Waals surface area contributed by atoms with Crippen molar-refractivity contribution in [3.63, 3.8) is 0 Å². The van der Waals surface area contributed by atoms with Crippen molar-refractivity contribution in [2.75, 3.05) is 40.3 Å². The fraction of sp³-hybridized carbons (Fsp3) is 0.444. The van der Waals surface area contributed by atoms with E-state index in [0.717, 1.165) is 39.4 Å². The molecule has 1 saturated carbocycles. The third kappa shape index (κ3) is 4.20. The fourth-order valence-corrected chi connectivity index (χ4v) is 6.39. The minimum atomic E-state index is -0.772. The van der Waals surface area contributed by atoms with Crippen LogP contribution in [0.2, 0.25) is 0 Å². The molecule has 1 aliphatic heterocycles. The van der Waals surface area contributed by atoms with E-state index in [9.17, 15) is 4.79 Å². The zero-order valence-corrected chi connectivity index (χ0v) is 24.6. The number of likely N-dealkylation sites (N-methyl/N-ethyl adjacent to an activating group) is 1. The first-order valence-corrected chi connectivity index (χ1v) is 16.2. The van der Waals surface area contributed by atoms with Gasteiger partial charge in [-0.15, -0.1) is 0 Å². The Morgan fingerprint density at radius 3 is 2.71 bits per heavy atom. The van der Waals surface area contributed by atoms with Crippen molar-refractivity contribution in [3.05, 3.63) is 52.1 Å². The summed E-state index contributed by atoms with van der Waals surface area (Å²) in [7, 11) is 5.83. The maximum atomic E-state index is 13.9. The van der Waals surface area contributed by atoms with Crippen LogP contribution in [0.15, 0.2) is 42.7 Å². The van der Waals surface area contributed by atoms with Crippen molar-refractivity contribution in [2.24, 2.45) is 7.05 Å². The van der Waals surface area contributed by atoms with E-state index in [1.54, 1.807) is 11.1 Å². The topological polar surface area (TPSA) is 87.7 Å². The molecule has 0 spiro atoms. The predicted octanol–water partition coefficient (Wildman–Crippen LogP) is 0.413. The second-order valence-electron chi connectivity index (χ2n) is 10.4. The summed E-state index contributed by atoms with van der Waals surface area (Å²) in [6.45, 7) is 2.71. The van der Waals surface area contributed by atoms with E-state index in [0.29, 0.717) is 18.4 Å². The molecule has 1 aliphatic carbocycles. The number of rotatable bonds is 7. The number of hydrogen-bond acceptors (Lipinski definition) is 7. The Kier molecular flexibility index (Phi) is 6.28. The number of fused-ring (bicyclic) bond motifs is 1. The van der Waals surface area contributed by atoms with Gasteiger partial charge in [-0.25, -0.2) is 0 Å². The molecule has 11 heteroatoms. The van der Waals surface area contributed by atoms with Crippen molar-refractivity contribution in [1.29, 1.82) is 0 Å². The van der Waals surface area contributed by atoms with Crippen LogP contribution in [0.5, 0.6) is 0 Å². The zero-order valence-electron chi connectivity index (χ0n) is 22.5. The van der Waals surface area contributed by atoms with Crippen molar-refractivity contribution in [3.8, 4) is 0 Å². The van der Waals surface area contributed by atoms with Gasteiger partial charge in [0.25, 0.3) is 0 Å². The number of hydrogen-bond donors (Lipinski definition) is 0. The van der Waals surface area contributed by atoms with Gasteiger partial charge in [0.2, 0.25) is 0 Å². The number of halogens is 1. The first-order valence-electron chi connectivity index (χ1n) is 12.9.